The molecule has 1 atom stereocenters. The van der Waals surface area contributed by atoms with E-state index in [4.69, 9.17) is 0 Å². The summed E-state index contributed by atoms with van der Waals surface area (Å²) >= 11 is 0. The zero-order chi connectivity index (χ0) is 17.1. The van der Waals surface area contributed by atoms with E-state index in [0.717, 1.165) is 16.0 Å². The van der Waals surface area contributed by atoms with E-state index in [1.807, 2.05) is 42.5 Å². The molecule has 1 saturated heterocycles. The third-order valence-corrected chi connectivity index (χ3v) is 4.12. The van der Waals surface area contributed by atoms with Crippen molar-refractivity contribution in [2.45, 2.75) is 25.8 Å². The van der Waals surface area contributed by atoms with Crippen LogP contribution in [0.25, 0.3) is 11.1 Å². The highest BCUT2D eigenvalue weighted by Crippen LogP contribution is 2.22. The normalized spacial score (nSPS) is 15.5. The molecule has 2 aromatic rings. The van der Waals surface area contributed by atoms with Gasteiger partial charge in [0.1, 0.15) is 6.04 Å². The van der Waals surface area contributed by atoms with E-state index in [-0.39, 0.29) is 30.6 Å². The highest BCUT2D eigenvalue weighted by atomic mass is 16.2. The molecule has 24 heavy (non-hydrogen) atoms. The topological polar surface area (TPSA) is 66.5 Å². The second-order valence-electron chi connectivity index (χ2n) is 5.77. The van der Waals surface area contributed by atoms with Gasteiger partial charge >= 0.3 is 0 Å². The summed E-state index contributed by atoms with van der Waals surface area (Å²) in [5, 5.41) is 2.75. The standard InChI is InChI=1S/C19H18N2O3/c1-13(21-17(22)11-12-18(21)23)19(24)20-16-9-7-15(8-10-16)14-5-3-2-4-6-14/h2-10,13H,11-12H2,1H3,(H,20,24). The fourth-order valence-electron chi connectivity index (χ4n) is 2.77. The van der Waals surface area contributed by atoms with Crippen LogP contribution in [0.3, 0.4) is 0 Å². The number of nitrogens with one attached hydrogen (secondary N) is 1. The average molecular weight is 322 g/mol. The molecule has 0 bridgehead atoms. The minimum absolute atomic E-state index is 0.183. The zero-order valence-electron chi connectivity index (χ0n) is 13.4. The number of likely N-dealkylation sites (tertiary alicyclic amines) is 1. The molecule has 1 unspecified atom stereocenters. The van der Waals surface area contributed by atoms with E-state index in [1.165, 1.54) is 0 Å². The number of hydrogen-bond acceptors (Lipinski definition) is 3. The van der Waals surface area contributed by atoms with E-state index in [2.05, 4.69) is 5.32 Å². The molecule has 5 heteroatoms. The summed E-state index contributed by atoms with van der Waals surface area (Å²) in [6, 6.07) is 16.6. The zero-order valence-corrected chi connectivity index (χ0v) is 13.4. The second kappa shape index (κ2) is 6.66. The molecule has 1 heterocycles. The van der Waals surface area contributed by atoms with Crippen LogP contribution < -0.4 is 5.32 Å². The molecule has 1 aliphatic rings. The number of hydrogen-bond donors (Lipinski definition) is 1. The molecule has 0 aromatic heterocycles. The maximum atomic E-state index is 12.3. The van der Waals surface area contributed by atoms with Crippen molar-refractivity contribution in [2.75, 3.05) is 5.32 Å². The first-order valence-corrected chi connectivity index (χ1v) is 7.87. The first-order valence-electron chi connectivity index (χ1n) is 7.87. The van der Waals surface area contributed by atoms with E-state index >= 15 is 0 Å². The van der Waals surface area contributed by atoms with Crippen LogP contribution in [0, 0.1) is 0 Å². The SMILES string of the molecule is CC(C(=O)Nc1ccc(-c2ccccc2)cc1)N1C(=O)CCC1=O. The summed E-state index contributed by atoms with van der Waals surface area (Å²) in [5.74, 6) is -0.949. The number of anilines is 1. The predicted molar refractivity (Wildman–Crippen MR) is 91.1 cm³/mol. The molecule has 1 fully saturated rings. The Morgan fingerprint density at radius 1 is 0.917 bits per heavy atom. The molecule has 2 aromatic carbocycles. The highest BCUT2D eigenvalue weighted by molar-refractivity contribution is 6.07. The first kappa shape index (κ1) is 15.9. The van der Waals surface area contributed by atoms with Crippen molar-refractivity contribution in [3.05, 3.63) is 54.6 Å². The Morgan fingerprint density at radius 3 is 2.04 bits per heavy atom. The number of rotatable bonds is 4. The molecule has 3 rings (SSSR count). The van der Waals surface area contributed by atoms with Crippen molar-refractivity contribution in [3.63, 3.8) is 0 Å². The fourth-order valence-corrected chi connectivity index (χ4v) is 2.77. The lowest BCUT2D eigenvalue weighted by Gasteiger charge is -2.21. The van der Waals surface area contributed by atoms with Gasteiger partial charge in [0.25, 0.3) is 0 Å². The molecule has 0 radical (unpaired) electrons. The number of carbonyl (C=O) groups excluding carboxylic acids is 3. The van der Waals surface area contributed by atoms with Crippen LogP contribution in [-0.4, -0.2) is 28.7 Å². The molecule has 3 amide bonds. The van der Waals surface area contributed by atoms with Gasteiger partial charge < -0.3 is 5.32 Å². The average Bonchev–Trinajstić information content (AvgIpc) is 2.94. The fraction of sp³-hybridized carbons (Fsp3) is 0.211. The molecule has 122 valence electrons. The van der Waals surface area contributed by atoms with Crippen LogP contribution in [0.2, 0.25) is 0 Å². The van der Waals surface area contributed by atoms with Crippen LogP contribution in [0.15, 0.2) is 54.6 Å². The summed E-state index contributed by atoms with van der Waals surface area (Å²) < 4.78 is 0. The van der Waals surface area contributed by atoms with Gasteiger partial charge in [-0.3, -0.25) is 19.3 Å². The summed E-state index contributed by atoms with van der Waals surface area (Å²) in [4.78, 5) is 36.8. The third kappa shape index (κ3) is 3.20. The molecule has 0 saturated carbocycles. The summed E-state index contributed by atoms with van der Waals surface area (Å²) in [7, 11) is 0. The Balaban J connectivity index is 1.68. The number of carbonyl (C=O) groups is 3. The molecule has 5 nitrogen and oxygen atoms in total. The molecule has 1 N–H and O–H groups in total. The van der Waals surface area contributed by atoms with Gasteiger partial charge in [0.2, 0.25) is 17.7 Å². The number of nitrogens with zero attached hydrogens (tertiary/aromatic N) is 1. The van der Waals surface area contributed by atoms with Gasteiger partial charge in [-0.15, -0.1) is 0 Å². The van der Waals surface area contributed by atoms with Gasteiger partial charge in [0, 0.05) is 18.5 Å². The minimum atomic E-state index is -0.804. The van der Waals surface area contributed by atoms with Gasteiger partial charge in [0.15, 0.2) is 0 Å². The Morgan fingerprint density at radius 2 is 1.46 bits per heavy atom. The molecule has 1 aliphatic heterocycles. The smallest absolute Gasteiger partial charge is 0.247 e. The van der Waals surface area contributed by atoms with Crippen molar-refractivity contribution in [2.24, 2.45) is 0 Å². The van der Waals surface area contributed by atoms with Crippen molar-refractivity contribution in [3.8, 4) is 11.1 Å². The second-order valence-corrected chi connectivity index (χ2v) is 5.77. The summed E-state index contributed by atoms with van der Waals surface area (Å²) in [5.41, 5.74) is 2.77. The summed E-state index contributed by atoms with van der Waals surface area (Å²) in [6.07, 6.45) is 0.366. The lowest BCUT2D eigenvalue weighted by molar-refractivity contribution is -0.144. The Labute approximate surface area is 140 Å². The van der Waals surface area contributed by atoms with Crippen LogP contribution in [0.5, 0.6) is 0 Å². The van der Waals surface area contributed by atoms with Crippen LogP contribution in [0.1, 0.15) is 19.8 Å². The van der Waals surface area contributed by atoms with E-state index in [0.29, 0.717) is 5.69 Å². The largest absolute Gasteiger partial charge is 0.324 e. The Kier molecular flexibility index (Phi) is 4.42. The monoisotopic (exact) mass is 322 g/mol. The lowest BCUT2D eigenvalue weighted by Crippen LogP contribution is -2.44. The highest BCUT2D eigenvalue weighted by Gasteiger charge is 2.36. The predicted octanol–water partition coefficient (Wildman–Crippen LogP) is 2.83. The third-order valence-electron chi connectivity index (χ3n) is 4.12. The Bertz CT molecular complexity index is 753. The molecule has 0 aliphatic carbocycles. The van der Waals surface area contributed by atoms with Crippen LogP contribution in [0.4, 0.5) is 5.69 Å². The van der Waals surface area contributed by atoms with Crippen LogP contribution in [-0.2, 0) is 14.4 Å². The first-order chi connectivity index (χ1) is 11.6. The Hall–Kier alpha value is -2.95. The van der Waals surface area contributed by atoms with E-state index in [1.54, 1.807) is 19.1 Å². The van der Waals surface area contributed by atoms with Gasteiger partial charge in [-0.05, 0) is 30.2 Å². The van der Waals surface area contributed by atoms with E-state index in [9.17, 15) is 14.4 Å². The van der Waals surface area contributed by atoms with Gasteiger partial charge in [-0.25, -0.2) is 0 Å². The van der Waals surface area contributed by atoms with Gasteiger partial charge in [0.05, 0.1) is 0 Å². The van der Waals surface area contributed by atoms with Crippen molar-refractivity contribution in [1.82, 2.24) is 4.90 Å². The molecular weight excluding hydrogens is 304 g/mol. The maximum Gasteiger partial charge on any atom is 0.247 e. The van der Waals surface area contributed by atoms with Crippen molar-refractivity contribution >= 4 is 23.4 Å². The minimum Gasteiger partial charge on any atom is -0.324 e. The molecular formula is C19H18N2O3. The lowest BCUT2D eigenvalue weighted by atomic mass is 10.1. The number of imide groups is 1. The van der Waals surface area contributed by atoms with Crippen LogP contribution >= 0.6 is 0 Å². The number of benzene rings is 2. The van der Waals surface area contributed by atoms with Crippen molar-refractivity contribution < 1.29 is 14.4 Å². The van der Waals surface area contributed by atoms with Gasteiger partial charge in [-0.1, -0.05) is 42.5 Å². The quantitative estimate of drug-likeness (QED) is 0.880. The van der Waals surface area contributed by atoms with E-state index < -0.39 is 6.04 Å². The van der Waals surface area contributed by atoms with Crippen molar-refractivity contribution in [1.29, 1.82) is 0 Å². The summed E-state index contributed by atoms with van der Waals surface area (Å²) in [6.45, 7) is 1.56. The number of amides is 3. The maximum absolute atomic E-state index is 12.3. The molecule has 0 spiro atoms. The van der Waals surface area contributed by atoms with Gasteiger partial charge in [-0.2, -0.15) is 0 Å².